The number of thiol groups is 1. The second kappa shape index (κ2) is 19.2. The Hall–Kier alpha value is -0.110. The molecule has 0 rings (SSSR count). The van der Waals surface area contributed by atoms with E-state index >= 15 is 0 Å². The van der Waals surface area contributed by atoms with Crippen LogP contribution >= 0.6 is 0 Å². The molecule has 0 saturated heterocycles. The van der Waals surface area contributed by atoms with Crippen molar-refractivity contribution in [1.29, 1.82) is 0 Å². The number of hydrogen-bond donors (Lipinski definition) is 1. The van der Waals surface area contributed by atoms with Crippen LogP contribution in [0.15, 0.2) is 0 Å². The maximum absolute atomic E-state index is 11.3. The van der Waals surface area contributed by atoms with E-state index in [0.29, 0.717) is 6.61 Å². The van der Waals surface area contributed by atoms with Crippen molar-refractivity contribution in [2.75, 3.05) is 6.61 Å². The van der Waals surface area contributed by atoms with Gasteiger partial charge < -0.3 is 8.92 Å². The van der Waals surface area contributed by atoms with Crippen LogP contribution in [0.4, 0.5) is 0 Å². The van der Waals surface area contributed by atoms with Gasteiger partial charge in [0.15, 0.2) is 0 Å². The summed E-state index contributed by atoms with van der Waals surface area (Å²) in [6.07, 6.45) is 11.6. The zero-order chi connectivity index (χ0) is 17.3. The van der Waals surface area contributed by atoms with Crippen LogP contribution in [0.5, 0.6) is 0 Å². The zero-order valence-corrected chi connectivity index (χ0v) is 15.0. The van der Waals surface area contributed by atoms with Crippen molar-refractivity contribution < 1.29 is 26.9 Å². The minimum atomic E-state index is -3.20. The molecule has 0 aliphatic carbocycles. The molecule has 0 aromatic rings. The Bertz CT molecular complexity index is 390. The Labute approximate surface area is 169 Å². The molecule has 8 heteroatoms. The molecule has 0 atom stereocenters. The normalized spacial score (nSPS) is 10.2. The molecule has 0 saturated carbocycles. The summed E-state index contributed by atoms with van der Waals surface area (Å²) < 4.78 is 29.1. The Morgan fingerprint density at radius 1 is 0.750 bits per heavy atom. The van der Waals surface area contributed by atoms with Crippen molar-refractivity contribution >= 4 is 52.5 Å². The summed E-state index contributed by atoms with van der Waals surface area (Å²) in [5.74, 6) is -1.43. The van der Waals surface area contributed by atoms with Gasteiger partial charge in [0, 0.05) is 0 Å². The van der Waals surface area contributed by atoms with Crippen LogP contribution in [-0.2, 0) is 29.5 Å². The van der Waals surface area contributed by atoms with Crippen molar-refractivity contribution in [1.82, 2.24) is 0 Å². The Balaban J connectivity index is 0. The molecule has 0 aromatic carbocycles. The summed E-state index contributed by atoms with van der Waals surface area (Å²) in [5, 5.41) is 0. The number of carbonyl (C=O) groups excluding carboxylic acids is 2. The molecule has 24 heavy (non-hydrogen) atoms. The third kappa shape index (κ3) is 19.9. The number of esters is 1. The molecule has 0 spiro atoms. The van der Waals surface area contributed by atoms with E-state index in [1.807, 2.05) is 0 Å². The van der Waals surface area contributed by atoms with E-state index in [9.17, 15) is 18.0 Å². The topological polar surface area (TPSA) is 86.7 Å². The van der Waals surface area contributed by atoms with Gasteiger partial charge in [-0.15, -0.1) is 0 Å². The first-order chi connectivity index (χ1) is 11.1. The van der Waals surface area contributed by atoms with E-state index in [-0.39, 0.29) is 42.4 Å². The summed E-state index contributed by atoms with van der Waals surface area (Å²) in [5.41, 5.74) is 0. The molecule has 0 aliphatic heterocycles. The molecule has 0 fully saturated rings. The van der Waals surface area contributed by atoms with Gasteiger partial charge in [-0.1, -0.05) is 64.7 Å². The van der Waals surface area contributed by atoms with Crippen molar-refractivity contribution in [3.63, 3.8) is 0 Å². The molecule has 0 unspecified atom stereocenters. The van der Waals surface area contributed by atoms with Gasteiger partial charge in [0.2, 0.25) is 0 Å². The second-order valence-corrected chi connectivity index (χ2v) is 6.22. The Morgan fingerprint density at radius 2 is 1.21 bits per heavy atom. The van der Waals surface area contributed by atoms with Crippen LogP contribution in [0.3, 0.4) is 0 Å². The predicted octanol–water partition coefficient (Wildman–Crippen LogP) is 2.65. The molecular weight excluding hydrogens is 343 g/mol. The Kier molecular flexibility index (Phi) is 20.9. The van der Waals surface area contributed by atoms with Gasteiger partial charge in [-0.2, -0.15) is 8.42 Å². The van der Waals surface area contributed by atoms with Gasteiger partial charge >= 0.3 is 52.5 Å². The fourth-order valence-corrected chi connectivity index (χ4v) is 2.44. The van der Waals surface area contributed by atoms with E-state index in [1.165, 1.54) is 44.9 Å². The summed E-state index contributed by atoms with van der Waals surface area (Å²) >= 11 is 0. The number of rotatable bonds is 15. The molecule has 0 bridgehead atoms. The third-order valence-electron chi connectivity index (χ3n) is 3.47. The second-order valence-electron chi connectivity index (χ2n) is 5.59. The fourth-order valence-electron chi connectivity index (χ4n) is 2.18. The average molecular weight is 374 g/mol. The monoisotopic (exact) mass is 374 g/mol. The molecule has 0 aromatic heterocycles. The first-order valence-corrected chi connectivity index (χ1v) is 9.66. The molecule has 6 nitrogen and oxygen atoms in total. The van der Waals surface area contributed by atoms with Gasteiger partial charge in [0.1, 0.15) is 0 Å². The van der Waals surface area contributed by atoms with Crippen LogP contribution in [0, 0.1) is 0 Å². The molecular formula is C16H31NaO6S. The number of ether oxygens (including phenoxy) is 1. The number of hydrogen-bond acceptors (Lipinski definition) is 6. The number of carbonyl (C=O) groups is 2. The van der Waals surface area contributed by atoms with Gasteiger partial charge in [0.25, 0.3) is 0 Å². The molecule has 0 radical (unpaired) electrons. The van der Waals surface area contributed by atoms with Crippen LogP contribution in [-0.4, -0.2) is 56.5 Å². The van der Waals surface area contributed by atoms with E-state index in [4.69, 9.17) is 4.74 Å². The molecule has 0 heterocycles. The van der Waals surface area contributed by atoms with Gasteiger partial charge in [-0.25, -0.2) is 0 Å². The number of unbranched alkanes of at least 4 members (excludes halogenated alkanes) is 9. The summed E-state index contributed by atoms with van der Waals surface area (Å²) in [4.78, 5) is 22.2. The van der Waals surface area contributed by atoms with Crippen molar-refractivity contribution in [2.45, 2.75) is 84.0 Å². The Morgan fingerprint density at radius 3 is 1.71 bits per heavy atom. The molecule has 0 N–H and O–H groups in total. The van der Waals surface area contributed by atoms with Crippen LogP contribution in [0.1, 0.15) is 84.0 Å². The van der Waals surface area contributed by atoms with Gasteiger partial charge in [0.05, 0.1) is 19.4 Å². The first-order valence-electron chi connectivity index (χ1n) is 8.57. The summed E-state index contributed by atoms with van der Waals surface area (Å²) in [6.45, 7) is 2.56. The first kappa shape index (κ1) is 26.1. The van der Waals surface area contributed by atoms with Crippen molar-refractivity contribution in [2.24, 2.45) is 0 Å². The van der Waals surface area contributed by atoms with E-state index in [2.05, 4.69) is 11.1 Å². The van der Waals surface area contributed by atoms with Gasteiger partial charge in [-0.3, -0.25) is 9.59 Å². The van der Waals surface area contributed by atoms with Crippen LogP contribution in [0.2, 0.25) is 0 Å². The molecule has 138 valence electrons. The summed E-state index contributed by atoms with van der Waals surface area (Å²) in [6, 6.07) is 0. The predicted molar refractivity (Wildman–Crippen MR) is 95.6 cm³/mol. The zero-order valence-electron chi connectivity index (χ0n) is 14.1. The quantitative estimate of drug-likeness (QED) is 0.205. The average Bonchev–Trinajstić information content (AvgIpc) is 2.50. The van der Waals surface area contributed by atoms with Crippen molar-refractivity contribution in [3.05, 3.63) is 0 Å². The van der Waals surface area contributed by atoms with Crippen LogP contribution in [0.25, 0.3) is 0 Å². The summed E-state index contributed by atoms with van der Waals surface area (Å²) in [7, 11) is -3.20. The fraction of sp³-hybridized carbons (Fsp3) is 0.875. The maximum atomic E-state index is 11.3. The minimum absolute atomic E-state index is 0. The molecule has 0 aliphatic rings. The van der Waals surface area contributed by atoms with E-state index in [1.54, 1.807) is 0 Å². The van der Waals surface area contributed by atoms with E-state index < -0.39 is 22.9 Å². The third-order valence-corrected chi connectivity index (χ3v) is 3.82. The molecule has 0 amide bonds. The van der Waals surface area contributed by atoms with Gasteiger partial charge in [-0.05, 0) is 6.42 Å². The van der Waals surface area contributed by atoms with E-state index in [0.717, 1.165) is 19.3 Å². The van der Waals surface area contributed by atoms with Crippen LogP contribution < -0.4 is 0 Å². The SMILES string of the molecule is CCCCCCCCCCCCOC(=O)CCC(=O)O[SH](=O)=O.[NaH]. The van der Waals surface area contributed by atoms with Crippen molar-refractivity contribution in [3.8, 4) is 0 Å². The standard InChI is InChI=1S/C16H30O6S.Na.H/c1-2-3-4-5-6-7-8-9-10-11-14-21-15(17)12-13-16(18)22-23(19)20;;/h23H,2-14H2,1H3;;.